The minimum atomic E-state index is 0.348. The van der Waals surface area contributed by atoms with E-state index >= 15 is 0 Å². The fraction of sp³-hybridized carbons (Fsp3) is 0.500. The molecule has 1 aromatic carbocycles. The number of hydrogen-bond acceptors (Lipinski definition) is 3. The van der Waals surface area contributed by atoms with Crippen LogP contribution >= 0.6 is 11.8 Å². The molecule has 0 aliphatic heterocycles. The highest BCUT2D eigenvalue weighted by atomic mass is 32.2. The Morgan fingerprint density at radius 3 is 2.73 bits per heavy atom. The minimum absolute atomic E-state index is 0.348. The first kappa shape index (κ1) is 12.4. The SMILES string of the molecule is CCCSC(CN)c1ccccc1OC. The van der Waals surface area contributed by atoms with Crippen LogP contribution in [0.2, 0.25) is 0 Å². The Bertz CT molecular complexity index is 291. The van der Waals surface area contributed by atoms with Crippen molar-refractivity contribution in [2.75, 3.05) is 19.4 Å². The summed E-state index contributed by atoms with van der Waals surface area (Å²) in [4.78, 5) is 0. The zero-order valence-corrected chi connectivity index (χ0v) is 10.2. The molecule has 0 aliphatic carbocycles. The molecule has 0 aromatic heterocycles. The molecule has 0 aliphatic rings. The van der Waals surface area contributed by atoms with Crippen molar-refractivity contribution < 1.29 is 4.74 Å². The summed E-state index contributed by atoms with van der Waals surface area (Å²) >= 11 is 1.90. The summed E-state index contributed by atoms with van der Waals surface area (Å²) < 4.78 is 5.34. The summed E-state index contributed by atoms with van der Waals surface area (Å²) in [7, 11) is 1.71. The summed E-state index contributed by atoms with van der Waals surface area (Å²) in [5.41, 5.74) is 7.00. The monoisotopic (exact) mass is 225 g/mol. The van der Waals surface area contributed by atoms with Crippen LogP contribution in [0.3, 0.4) is 0 Å². The second-order valence-electron chi connectivity index (χ2n) is 3.34. The first-order valence-electron chi connectivity index (χ1n) is 5.28. The van der Waals surface area contributed by atoms with Crippen molar-refractivity contribution >= 4 is 11.8 Å². The molecule has 15 heavy (non-hydrogen) atoms. The number of rotatable bonds is 6. The molecule has 2 N–H and O–H groups in total. The largest absolute Gasteiger partial charge is 0.496 e. The van der Waals surface area contributed by atoms with Gasteiger partial charge in [0, 0.05) is 17.4 Å². The van der Waals surface area contributed by atoms with Gasteiger partial charge in [-0.2, -0.15) is 11.8 Å². The molecule has 2 nitrogen and oxygen atoms in total. The van der Waals surface area contributed by atoms with E-state index in [2.05, 4.69) is 13.0 Å². The zero-order valence-electron chi connectivity index (χ0n) is 9.40. The molecular formula is C12H19NOS. The molecule has 0 amide bonds. The maximum atomic E-state index is 5.79. The average molecular weight is 225 g/mol. The highest BCUT2D eigenvalue weighted by Gasteiger charge is 2.13. The molecule has 1 aromatic rings. The maximum Gasteiger partial charge on any atom is 0.123 e. The fourth-order valence-electron chi connectivity index (χ4n) is 1.48. The van der Waals surface area contributed by atoms with E-state index in [1.807, 2.05) is 30.0 Å². The molecule has 1 unspecified atom stereocenters. The predicted octanol–water partition coefficient (Wildman–Crippen LogP) is 2.84. The van der Waals surface area contributed by atoms with Crippen molar-refractivity contribution in [2.24, 2.45) is 5.73 Å². The van der Waals surface area contributed by atoms with E-state index in [1.165, 1.54) is 12.0 Å². The molecule has 1 rings (SSSR count). The lowest BCUT2D eigenvalue weighted by Gasteiger charge is -2.17. The van der Waals surface area contributed by atoms with Crippen LogP contribution in [-0.4, -0.2) is 19.4 Å². The first-order valence-corrected chi connectivity index (χ1v) is 6.33. The van der Waals surface area contributed by atoms with Crippen LogP contribution < -0.4 is 10.5 Å². The number of para-hydroxylation sites is 1. The molecule has 0 radical (unpaired) electrons. The number of ether oxygens (including phenoxy) is 1. The lowest BCUT2D eigenvalue weighted by atomic mass is 10.1. The number of nitrogens with two attached hydrogens (primary N) is 1. The van der Waals surface area contributed by atoms with E-state index in [0.717, 1.165) is 11.5 Å². The van der Waals surface area contributed by atoms with Gasteiger partial charge in [0.05, 0.1) is 7.11 Å². The average Bonchev–Trinajstić information content (AvgIpc) is 2.30. The van der Waals surface area contributed by atoms with Gasteiger partial charge in [-0.25, -0.2) is 0 Å². The maximum absolute atomic E-state index is 5.79. The van der Waals surface area contributed by atoms with Gasteiger partial charge in [0.2, 0.25) is 0 Å². The highest BCUT2D eigenvalue weighted by molar-refractivity contribution is 7.99. The van der Waals surface area contributed by atoms with E-state index in [-0.39, 0.29) is 0 Å². The Balaban J connectivity index is 2.80. The smallest absolute Gasteiger partial charge is 0.123 e. The summed E-state index contributed by atoms with van der Waals surface area (Å²) in [5, 5.41) is 0.348. The van der Waals surface area contributed by atoms with E-state index < -0.39 is 0 Å². The van der Waals surface area contributed by atoms with E-state index in [0.29, 0.717) is 11.8 Å². The van der Waals surface area contributed by atoms with Crippen LogP contribution in [-0.2, 0) is 0 Å². The number of benzene rings is 1. The molecule has 0 saturated heterocycles. The highest BCUT2D eigenvalue weighted by Crippen LogP contribution is 2.34. The first-order chi connectivity index (χ1) is 7.33. The van der Waals surface area contributed by atoms with Gasteiger partial charge < -0.3 is 10.5 Å². The summed E-state index contributed by atoms with van der Waals surface area (Å²) in [6.45, 7) is 2.84. The van der Waals surface area contributed by atoms with Gasteiger partial charge in [-0.05, 0) is 18.2 Å². The van der Waals surface area contributed by atoms with Gasteiger partial charge in [-0.3, -0.25) is 0 Å². The van der Waals surface area contributed by atoms with E-state index in [9.17, 15) is 0 Å². The zero-order chi connectivity index (χ0) is 11.1. The van der Waals surface area contributed by atoms with Gasteiger partial charge in [-0.1, -0.05) is 25.1 Å². The molecule has 84 valence electrons. The van der Waals surface area contributed by atoms with Crippen molar-refractivity contribution in [1.82, 2.24) is 0 Å². The molecule has 0 bridgehead atoms. The van der Waals surface area contributed by atoms with Gasteiger partial charge in [-0.15, -0.1) is 0 Å². The Morgan fingerprint density at radius 2 is 2.13 bits per heavy atom. The number of methoxy groups -OCH3 is 1. The van der Waals surface area contributed by atoms with Crippen LogP contribution in [0, 0.1) is 0 Å². The van der Waals surface area contributed by atoms with Crippen molar-refractivity contribution in [2.45, 2.75) is 18.6 Å². The molecule has 1 atom stereocenters. The Hall–Kier alpha value is -0.670. The van der Waals surface area contributed by atoms with Crippen molar-refractivity contribution in [3.05, 3.63) is 29.8 Å². The van der Waals surface area contributed by atoms with Crippen LogP contribution in [0.5, 0.6) is 5.75 Å². The standard InChI is InChI=1S/C12H19NOS/c1-3-8-15-12(9-13)10-6-4-5-7-11(10)14-2/h4-7,12H,3,8-9,13H2,1-2H3. The third-order valence-corrected chi connectivity index (χ3v) is 3.72. The summed E-state index contributed by atoms with van der Waals surface area (Å²) in [5.74, 6) is 2.08. The van der Waals surface area contributed by atoms with Gasteiger partial charge in [0.25, 0.3) is 0 Å². The van der Waals surface area contributed by atoms with Crippen molar-refractivity contribution in [1.29, 1.82) is 0 Å². The Labute approximate surface area is 96.2 Å². The molecule has 0 spiro atoms. The second kappa shape index (κ2) is 6.75. The Kier molecular flexibility index (Phi) is 5.58. The molecule has 0 fully saturated rings. The molecular weight excluding hydrogens is 206 g/mol. The minimum Gasteiger partial charge on any atom is -0.496 e. The van der Waals surface area contributed by atoms with E-state index in [4.69, 9.17) is 10.5 Å². The third-order valence-electron chi connectivity index (χ3n) is 2.22. The lowest BCUT2D eigenvalue weighted by molar-refractivity contribution is 0.409. The van der Waals surface area contributed by atoms with Crippen molar-refractivity contribution in [3.63, 3.8) is 0 Å². The predicted molar refractivity (Wildman–Crippen MR) is 67.5 cm³/mol. The normalized spacial score (nSPS) is 12.5. The third kappa shape index (κ3) is 3.43. The molecule has 0 heterocycles. The van der Waals surface area contributed by atoms with E-state index in [1.54, 1.807) is 7.11 Å². The Morgan fingerprint density at radius 1 is 1.40 bits per heavy atom. The summed E-state index contributed by atoms with van der Waals surface area (Å²) in [6, 6.07) is 8.11. The lowest BCUT2D eigenvalue weighted by Crippen LogP contribution is -2.11. The molecule has 3 heteroatoms. The summed E-state index contributed by atoms with van der Waals surface area (Å²) in [6.07, 6.45) is 1.18. The van der Waals surface area contributed by atoms with Crippen molar-refractivity contribution in [3.8, 4) is 5.75 Å². The van der Waals surface area contributed by atoms with Gasteiger partial charge >= 0.3 is 0 Å². The van der Waals surface area contributed by atoms with Crippen LogP contribution in [0.15, 0.2) is 24.3 Å². The van der Waals surface area contributed by atoms with Gasteiger partial charge in [0.1, 0.15) is 5.75 Å². The fourth-order valence-corrected chi connectivity index (χ4v) is 2.51. The quantitative estimate of drug-likeness (QED) is 0.808. The second-order valence-corrected chi connectivity index (χ2v) is 4.65. The topological polar surface area (TPSA) is 35.2 Å². The number of hydrogen-bond donors (Lipinski definition) is 1. The van der Waals surface area contributed by atoms with Gasteiger partial charge in [0.15, 0.2) is 0 Å². The van der Waals surface area contributed by atoms with Crippen LogP contribution in [0.4, 0.5) is 0 Å². The van der Waals surface area contributed by atoms with Crippen LogP contribution in [0.25, 0.3) is 0 Å². The number of thioether (sulfide) groups is 1. The molecule has 0 saturated carbocycles. The van der Waals surface area contributed by atoms with Crippen LogP contribution in [0.1, 0.15) is 24.2 Å².